The molecule has 2 N–H and O–H groups in total. The number of urea groups is 1. The maximum Gasteiger partial charge on any atom is 0.325 e. The molecule has 2 rings (SSSR count). The summed E-state index contributed by atoms with van der Waals surface area (Å²) in [4.78, 5) is 40.0. The number of carbonyl (C=O) groups is 3. The van der Waals surface area contributed by atoms with Gasteiger partial charge in [0, 0.05) is 38.6 Å². The standard InChI is InChI=1S/C19H28N4O4/c1-4-27-17(24)13-20-19(26)21-14-8-9-16(22(2)3)15(12-14)18(25)23-10-6-5-7-11-23/h8-9,12H,4-7,10-11,13H2,1-3H3,(H2,20,21,26). The zero-order chi connectivity index (χ0) is 19.8. The lowest BCUT2D eigenvalue weighted by Crippen LogP contribution is -2.36. The van der Waals surface area contributed by atoms with Gasteiger partial charge in [-0.05, 0) is 44.4 Å². The third-order valence-electron chi connectivity index (χ3n) is 4.31. The van der Waals surface area contributed by atoms with Crippen molar-refractivity contribution in [3.63, 3.8) is 0 Å². The summed E-state index contributed by atoms with van der Waals surface area (Å²) in [7, 11) is 3.75. The van der Waals surface area contributed by atoms with E-state index in [0.29, 0.717) is 11.3 Å². The van der Waals surface area contributed by atoms with Gasteiger partial charge < -0.3 is 25.2 Å². The highest BCUT2D eigenvalue weighted by Gasteiger charge is 2.22. The van der Waals surface area contributed by atoms with Gasteiger partial charge in [-0.15, -0.1) is 0 Å². The molecule has 0 spiro atoms. The van der Waals surface area contributed by atoms with E-state index in [4.69, 9.17) is 4.74 Å². The smallest absolute Gasteiger partial charge is 0.325 e. The third kappa shape index (κ3) is 5.87. The van der Waals surface area contributed by atoms with Crippen LogP contribution >= 0.6 is 0 Å². The van der Waals surface area contributed by atoms with Crippen LogP contribution in [-0.2, 0) is 9.53 Å². The lowest BCUT2D eigenvalue weighted by Gasteiger charge is -2.28. The Bertz CT molecular complexity index is 684. The third-order valence-corrected chi connectivity index (χ3v) is 4.31. The molecule has 0 atom stereocenters. The van der Waals surface area contributed by atoms with E-state index < -0.39 is 12.0 Å². The normalized spacial score (nSPS) is 13.7. The van der Waals surface area contributed by atoms with E-state index in [1.807, 2.05) is 23.9 Å². The summed E-state index contributed by atoms with van der Waals surface area (Å²) in [6.07, 6.45) is 3.17. The number of carbonyl (C=O) groups excluding carboxylic acids is 3. The minimum atomic E-state index is -0.531. The van der Waals surface area contributed by atoms with Gasteiger partial charge in [-0.3, -0.25) is 9.59 Å². The largest absolute Gasteiger partial charge is 0.465 e. The van der Waals surface area contributed by atoms with E-state index in [9.17, 15) is 14.4 Å². The highest BCUT2D eigenvalue weighted by Crippen LogP contribution is 2.25. The molecule has 27 heavy (non-hydrogen) atoms. The molecule has 1 heterocycles. The summed E-state index contributed by atoms with van der Waals surface area (Å²) in [6.45, 7) is 3.25. The first kappa shape index (κ1) is 20.5. The van der Waals surface area contributed by atoms with Crippen LogP contribution in [0, 0.1) is 0 Å². The van der Waals surface area contributed by atoms with Gasteiger partial charge in [-0.25, -0.2) is 4.79 Å². The van der Waals surface area contributed by atoms with Gasteiger partial charge in [0.05, 0.1) is 12.2 Å². The molecular formula is C19H28N4O4. The molecule has 0 bridgehead atoms. The Hall–Kier alpha value is -2.77. The highest BCUT2D eigenvalue weighted by atomic mass is 16.5. The van der Waals surface area contributed by atoms with Gasteiger partial charge in [0.2, 0.25) is 0 Å². The van der Waals surface area contributed by atoms with E-state index >= 15 is 0 Å². The number of piperidine rings is 1. The molecule has 0 saturated carbocycles. The molecule has 0 aromatic heterocycles. The van der Waals surface area contributed by atoms with E-state index in [2.05, 4.69) is 10.6 Å². The molecule has 1 aliphatic heterocycles. The Morgan fingerprint density at radius 1 is 1.15 bits per heavy atom. The minimum Gasteiger partial charge on any atom is -0.465 e. The molecule has 3 amide bonds. The number of nitrogens with zero attached hydrogens (tertiary/aromatic N) is 2. The summed E-state index contributed by atoms with van der Waals surface area (Å²) >= 11 is 0. The quantitative estimate of drug-likeness (QED) is 0.742. The predicted molar refractivity (Wildman–Crippen MR) is 104 cm³/mol. The lowest BCUT2D eigenvalue weighted by atomic mass is 10.1. The Morgan fingerprint density at radius 2 is 1.85 bits per heavy atom. The second-order valence-corrected chi connectivity index (χ2v) is 6.59. The molecule has 1 aliphatic rings. The van der Waals surface area contributed by atoms with E-state index in [1.165, 1.54) is 0 Å². The number of likely N-dealkylation sites (tertiary alicyclic amines) is 1. The molecule has 8 heteroatoms. The van der Waals surface area contributed by atoms with Gasteiger partial charge >= 0.3 is 12.0 Å². The van der Waals surface area contributed by atoms with Crippen LogP contribution in [0.1, 0.15) is 36.5 Å². The highest BCUT2D eigenvalue weighted by molar-refractivity contribution is 6.02. The second kappa shape index (κ2) is 9.80. The number of ether oxygens (including phenoxy) is 1. The second-order valence-electron chi connectivity index (χ2n) is 6.59. The van der Waals surface area contributed by atoms with Gasteiger partial charge in [0.15, 0.2) is 0 Å². The average Bonchev–Trinajstić information content (AvgIpc) is 2.66. The van der Waals surface area contributed by atoms with Gasteiger partial charge in [0.1, 0.15) is 6.54 Å². The van der Waals surface area contributed by atoms with E-state index in [1.54, 1.807) is 25.1 Å². The molecule has 1 saturated heterocycles. The van der Waals surface area contributed by atoms with Crippen LogP contribution in [0.25, 0.3) is 0 Å². The molecule has 0 aliphatic carbocycles. The number of rotatable bonds is 6. The topological polar surface area (TPSA) is 91.0 Å². The number of nitrogens with one attached hydrogen (secondary N) is 2. The zero-order valence-electron chi connectivity index (χ0n) is 16.2. The average molecular weight is 376 g/mol. The number of hydrogen-bond acceptors (Lipinski definition) is 5. The monoisotopic (exact) mass is 376 g/mol. The van der Waals surface area contributed by atoms with Gasteiger partial charge in [-0.1, -0.05) is 0 Å². The Labute approximate surface area is 159 Å². The Morgan fingerprint density at radius 3 is 2.48 bits per heavy atom. The van der Waals surface area contributed by atoms with Crippen molar-refractivity contribution >= 4 is 29.3 Å². The number of hydrogen-bond donors (Lipinski definition) is 2. The minimum absolute atomic E-state index is 0.0334. The molecular weight excluding hydrogens is 348 g/mol. The van der Waals surface area contributed by atoms with Crippen molar-refractivity contribution in [1.29, 1.82) is 0 Å². The Balaban J connectivity index is 2.10. The lowest BCUT2D eigenvalue weighted by molar-refractivity contribution is -0.141. The van der Waals surface area contributed by atoms with Crippen LogP contribution < -0.4 is 15.5 Å². The Kier molecular flexibility index (Phi) is 7.45. The number of esters is 1. The fourth-order valence-electron chi connectivity index (χ4n) is 2.98. The molecule has 1 aromatic rings. The van der Waals surface area contributed by atoms with Crippen LogP contribution in [0.3, 0.4) is 0 Å². The van der Waals surface area contributed by atoms with Crippen LogP contribution in [0.15, 0.2) is 18.2 Å². The van der Waals surface area contributed by atoms with E-state index in [-0.39, 0.29) is 19.1 Å². The fraction of sp³-hybridized carbons (Fsp3) is 0.526. The molecule has 0 unspecified atom stereocenters. The number of anilines is 2. The van der Waals surface area contributed by atoms with Crippen molar-refractivity contribution in [3.8, 4) is 0 Å². The predicted octanol–water partition coefficient (Wildman–Crippen LogP) is 2.06. The van der Waals surface area contributed by atoms with Crippen molar-refractivity contribution < 1.29 is 19.1 Å². The first-order valence-corrected chi connectivity index (χ1v) is 9.23. The summed E-state index contributed by atoms with van der Waals surface area (Å²) < 4.78 is 4.77. The van der Waals surface area contributed by atoms with Crippen molar-refractivity contribution in [3.05, 3.63) is 23.8 Å². The first-order valence-electron chi connectivity index (χ1n) is 9.23. The summed E-state index contributed by atoms with van der Waals surface area (Å²) in [5.41, 5.74) is 1.83. The molecule has 148 valence electrons. The van der Waals surface area contributed by atoms with Gasteiger partial charge in [0.25, 0.3) is 5.91 Å². The van der Waals surface area contributed by atoms with Crippen molar-refractivity contribution in [1.82, 2.24) is 10.2 Å². The summed E-state index contributed by atoms with van der Waals surface area (Å²) in [5, 5.41) is 5.09. The maximum atomic E-state index is 13.0. The summed E-state index contributed by atoms with van der Waals surface area (Å²) in [5.74, 6) is -0.537. The van der Waals surface area contributed by atoms with Crippen LogP contribution in [0.2, 0.25) is 0 Å². The summed E-state index contributed by atoms with van der Waals surface area (Å²) in [6, 6.07) is 4.68. The van der Waals surface area contributed by atoms with Crippen LogP contribution in [0.5, 0.6) is 0 Å². The van der Waals surface area contributed by atoms with Gasteiger partial charge in [-0.2, -0.15) is 0 Å². The zero-order valence-corrected chi connectivity index (χ0v) is 16.2. The SMILES string of the molecule is CCOC(=O)CNC(=O)Nc1ccc(N(C)C)c(C(=O)N2CCCCC2)c1. The fourth-order valence-corrected chi connectivity index (χ4v) is 2.98. The van der Waals surface area contributed by atoms with Crippen molar-refractivity contribution in [2.24, 2.45) is 0 Å². The van der Waals surface area contributed by atoms with Crippen LogP contribution in [0.4, 0.5) is 16.2 Å². The molecule has 0 radical (unpaired) electrons. The first-order chi connectivity index (χ1) is 12.9. The number of amides is 3. The van der Waals surface area contributed by atoms with Crippen LogP contribution in [-0.4, -0.2) is 63.1 Å². The molecule has 1 fully saturated rings. The van der Waals surface area contributed by atoms with Crippen molar-refractivity contribution in [2.75, 3.05) is 50.6 Å². The maximum absolute atomic E-state index is 13.0. The molecule has 8 nitrogen and oxygen atoms in total. The van der Waals surface area contributed by atoms with E-state index in [0.717, 1.165) is 38.0 Å². The number of benzene rings is 1. The van der Waals surface area contributed by atoms with Crippen molar-refractivity contribution in [2.45, 2.75) is 26.2 Å². The molecule has 1 aromatic carbocycles.